The van der Waals surface area contributed by atoms with Crippen LogP contribution in [0.5, 0.6) is 0 Å². The summed E-state index contributed by atoms with van der Waals surface area (Å²) in [5.41, 5.74) is -1.18. The number of carboxylic acid groups (broad SMARTS) is 1. The first-order chi connectivity index (χ1) is 17.2. The second kappa shape index (κ2) is 10.1. The second-order valence-corrected chi connectivity index (χ2v) is 14.0. The Kier molecular flexibility index (Phi) is 7.86. The van der Waals surface area contributed by atoms with Crippen LogP contribution in [0.1, 0.15) is 92.9 Å². The number of fused-ring (bicyclic) bond motifs is 5. The number of rotatable bonds is 7. The van der Waals surface area contributed by atoms with E-state index in [1.807, 2.05) is 13.8 Å². The quantitative estimate of drug-likeness (QED) is 0.346. The molecule has 4 aliphatic rings. The highest BCUT2D eigenvalue weighted by Crippen LogP contribution is 2.71. The summed E-state index contributed by atoms with van der Waals surface area (Å²) in [7, 11) is 0. The minimum atomic E-state index is -1.05. The molecule has 37 heavy (non-hydrogen) atoms. The summed E-state index contributed by atoms with van der Waals surface area (Å²) in [5.74, 6) is -0.238. The molecule has 0 bridgehead atoms. The highest BCUT2D eigenvalue weighted by molar-refractivity contribution is 5.82. The van der Waals surface area contributed by atoms with E-state index in [1.54, 1.807) is 0 Å². The van der Waals surface area contributed by atoms with Crippen LogP contribution in [0.3, 0.4) is 0 Å². The van der Waals surface area contributed by atoms with Gasteiger partial charge in [-0.2, -0.15) is 0 Å². The van der Waals surface area contributed by atoms with Crippen LogP contribution >= 0.6 is 0 Å². The van der Waals surface area contributed by atoms with Gasteiger partial charge in [0, 0.05) is 5.92 Å². The van der Waals surface area contributed by atoms with Crippen LogP contribution in [0.25, 0.3) is 0 Å². The van der Waals surface area contributed by atoms with E-state index in [4.69, 9.17) is 5.11 Å². The van der Waals surface area contributed by atoms with Crippen LogP contribution in [0.4, 0.5) is 0 Å². The van der Waals surface area contributed by atoms with Crippen LogP contribution in [0.2, 0.25) is 0 Å². The van der Waals surface area contributed by atoms with Crippen molar-refractivity contribution in [2.45, 2.75) is 111 Å². The van der Waals surface area contributed by atoms with Gasteiger partial charge in [0.1, 0.15) is 6.54 Å². The van der Waals surface area contributed by atoms with Gasteiger partial charge >= 0.3 is 5.97 Å². The fraction of sp³-hybridized carbons (Fsp3) is 0.933. The van der Waals surface area contributed by atoms with Gasteiger partial charge in [0.25, 0.3) is 0 Å². The number of carbonyl (C=O) groups is 2. The normalized spacial score (nSPS) is 48.8. The molecule has 0 saturated heterocycles. The molecule has 7 nitrogen and oxygen atoms in total. The van der Waals surface area contributed by atoms with E-state index in [1.165, 1.54) is 0 Å². The third-order valence-electron chi connectivity index (χ3n) is 12.3. The van der Waals surface area contributed by atoms with Crippen molar-refractivity contribution in [1.82, 2.24) is 5.32 Å². The van der Waals surface area contributed by atoms with Crippen molar-refractivity contribution in [2.24, 2.45) is 58.2 Å². The lowest BCUT2D eigenvalue weighted by Gasteiger charge is -2.68. The molecule has 7 heteroatoms. The topological polar surface area (TPSA) is 127 Å². The van der Waals surface area contributed by atoms with E-state index in [0.717, 1.165) is 38.5 Å². The Balaban J connectivity index is 1.61. The maximum Gasteiger partial charge on any atom is 0.322 e. The van der Waals surface area contributed by atoms with Gasteiger partial charge in [-0.1, -0.05) is 41.0 Å². The monoisotopic (exact) mass is 521 g/mol. The molecule has 0 aliphatic heterocycles. The van der Waals surface area contributed by atoms with E-state index in [2.05, 4.69) is 33.0 Å². The molecule has 0 aromatic carbocycles. The summed E-state index contributed by atoms with van der Waals surface area (Å²) in [5, 5.41) is 46.1. The number of hydrogen-bond donors (Lipinski definition) is 5. The Morgan fingerprint density at radius 1 is 1.00 bits per heavy atom. The van der Waals surface area contributed by atoms with Crippen LogP contribution in [-0.2, 0) is 9.59 Å². The van der Waals surface area contributed by atoms with E-state index >= 15 is 0 Å². The Labute approximate surface area is 222 Å². The van der Waals surface area contributed by atoms with E-state index in [-0.39, 0.29) is 76.7 Å². The number of carbonyl (C=O) groups excluding carboxylic acids is 1. The summed E-state index contributed by atoms with van der Waals surface area (Å²) in [6, 6.07) is 0. The Morgan fingerprint density at radius 3 is 2.30 bits per heavy atom. The van der Waals surface area contributed by atoms with Crippen molar-refractivity contribution in [2.75, 3.05) is 6.54 Å². The lowest BCUT2D eigenvalue weighted by Crippen LogP contribution is -2.69. The van der Waals surface area contributed by atoms with Gasteiger partial charge in [-0.3, -0.25) is 9.59 Å². The molecule has 4 unspecified atom stereocenters. The van der Waals surface area contributed by atoms with Gasteiger partial charge in [-0.25, -0.2) is 0 Å². The Bertz CT molecular complexity index is 876. The number of amides is 1. The number of aliphatic hydroxyl groups is 3. The fourth-order valence-electron chi connectivity index (χ4n) is 10.6. The highest BCUT2D eigenvalue weighted by Gasteiger charge is 2.70. The van der Waals surface area contributed by atoms with Crippen molar-refractivity contribution >= 4 is 11.9 Å². The van der Waals surface area contributed by atoms with E-state index in [9.17, 15) is 24.9 Å². The van der Waals surface area contributed by atoms with E-state index < -0.39 is 17.7 Å². The molecule has 5 N–H and O–H groups in total. The summed E-state index contributed by atoms with van der Waals surface area (Å²) in [6.07, 6.45) is 5.88. The van der Waals surface area contributed by atoms with Crippen LogP contribution in [0, 0.1) is 58.2 Å². The molecule has 4 rings (SSSR count). The SMILES string of the molecule is CC[C@@H]1[C@@H]2C[C@H](O)CC[C@]2(C)C2C[C@H](O)[C@@]3(C)C(CC[C@@H]3[C@@H](C)CC(C)C(=O)NCC(=O)O)C2[C@@]1(C)O. The van der Waals surface area contributed by atoms with Crippen molar-refractivity contribution < 1.29 is 30.0 Å². The molecule has 212 valence electrons. The molecule has 0 aromatic rings. The summed E-state index contributed by atoms with van der Waals surface area (Å²) >= 11 is 0. The average Bonchev–Trinajstić information content (AvgIpc) is 3.17. The smallest absolute Gasteiger partial charge is 0.322 e. The van der Waals surface area contributed by atoms with E-state index in [0.29, 0.717) is 12.8 Å². The predicted octanol–water partition coefficient (Wildman–Crippen LogP) is 3.84. The molecule has 4 aliphatic carbocycles. The maximum atomic E-state index is 12.5. The molecule has 0 heterocycles. The van der Waals surface area contributed by atoms with Crippen LogP contribution in [0.15, 0.2) is 0 Å². The van der Waals surface area contributed by atoms with Gasteiger partial charge in [0.15, 0.2) is 0 Å². The standard InChI is InChI=1S/C30H51NO6/c1-7-19-22-13-18(32)10-11-28(22,4)23-14-24(33)29(5)20(8-9-21(29)26(23)30(19,6)37)16(2)12-17(3)27(36)31-15-25(34)35/h16-24,26,32-33,37H,7-15H2,1-6H3,(H,31,36)(H,34,35)/t16-,17?,18+,19+,20+,21?,22-,23?,24-,26?,28-,29+,30-/m0/s1. The minimum Gasteiger partial charge on any atom is -0.480 e. The zero-order chi connectivity index (χ0) is 27.5. The number of hydrogen-bond acceptors (Lipinski definition) is 5. The average molecular weight is 522 g/mol. The molecular weight excluding hydrogens is 470 g/mol. The molecule has 0 spiro atoms. The summed E-state index contributed by atoms with van der Waals surface area (Å²) < 4.78 is 0. The third-order valence-corrected chi connectivity index (χ3v) is 12.3. The Morgan fingerprint density at radius 2 is 1.68 bits per heavy atom. The number of aliphatic hydroxyl groups excluding tert-OH is 2. The van der Waals surface area contributed by atoms with Crippen LogP contribution in [-0.4, -0.2) is 56.7 Å². The van der Waals surface area contributed by atoms with Crippen molar-refractivity contribution in [3.8, 4) is 0 Å². The first-order valence-corrected chi connectivity index (χ1v) is 14.8. The molecular formula is C30H51NO6. The first kappa shape index (κ1) is 28.8. The maximum absolute atomic E-state index is 12.5. The molecule has 13 atom stereocenters. The van der Waals surface area contributed by atoms with Crippen LogP contribution < -0.4 is 5.32 Å². The minimum absolute atomic E-state index is 0.00949. The number of carboxylic acids is 1. The molecule has 4 saturated carbocycles. The zero-order valence-electron chi connectivity index (χ0n) is 23.7. The zero-order valence-corrected chi connectivity index (χ0v) is 23.7. The van der Waals surface area contributed by atoms with Gasteiger partial charge in [0.05, 0.1) is 17.8 Å². The van der Waals surface area contributed by atoms with Gasteiger partial charge in [-0.15, -0.1) is 0 Å². The first-order valence-electron chi connectivity index (χ1n) is 14.8. The van der Waals surface area contributed by atoms with Crippen molar-refractivity contribution in [3.05, 3.63) is 0 Å². The molecule has 0 aromatic heterocycles. The third kappa shape index (κ3) is 4.55. The molecule has 4 fully saturated rings. The highest BCUT2D eigenvalue weighted by atomic mass is 16.4. The molecule has 1 amide bonds. The fourth-order valence-corrected chi connectivity index (χ4v) is 10.6. The largest absolute Gasteiger partial charge is 0.480 e. The van der Waals surface area contributed by atoms with Gasteiger partial charge in [-0.05, 0) is 104 Å². The van der Waals surface area contributed by atoms with Crippen molar-refractivity contribution in [3.63, 3.8) is 0 Å². The number of aliphatic carboxylic acids is 1. The second-order valence-electron chi connectivity index (χ2n) is 14.0. The Hall–Kier alpha value is -1.18. The van der Waals surface area contributed by atoms with Gasteiger partial charge in [0.2, 0.25) is 5.91 Å². The summed E-state index contributed by atoms with van der Waals surface area (Å²) in [6.45, 7) is 12.5. The lowest BCUT2D eigenvalue weighted by atomic mass is 9.38. The van der Waals surface area contributed by atoms with Gasteiger partial charge < -0.3 is 25.7 Å². The molecule has 0 radical (unpaired) electrons. The lowest BCUT2D eigenvalue weighted by molar-refractivity contribution is -0.263. The van der Waals surface area contributed by atoms with Crippen molar-refractivity contribution in [1.29, 1.82) is 0 Å². The number of nitrogens with one attached hydrogen (secondary N) is 1. The summed E-state index contributed by atoms with van der Waals surface area (Å²) in [4.78, 5) is 23.3. The predicted molar refractivity (Wildman–Crippen MR) is 141 cm³/mol.